The lowest BCUT2D eigenvalue weighted by Gasteiger charge is -2.26. The Balaban J connectivity index is 1.78. The molecule has 4 aromatic rings. The average Bonchev–Trinajstić information content (AvgIpc) is 3.13. The quantitative estimate of drug-likeness (QED) is 0.419. The van der Waals surface area contributed by atoms with Gasteiger partial charge in [0.05, 0.1) is 30.7 Å². The van der Waals surface area contributed by atoms with Gasteiger partial charge in [0.15, 0.2) is 16.9 Å². The molecule has 1 N–H and O–H groups in total. The van der Waals surface area contributed by atoms with Crippen molar-refractivity contribution in [2.45, 2.75) is 13.0 Å². The van der Waals surface area contributed by atoms with E-state index in [0.717, 1.165) is 0 Å². The van der Waals surface area contributed by atoms with Crippen molar-refractivity contribution < 1.29 is 23.8 Å². The zero-order valence-electron chi connectivity index (χ0n) is 18.4. The van der Waals surface area contributed by atoms with Gasteiger partial charge < -0.3 is 19.0 Å². The maximum Gasteiger partial charge on any atom is 0.295 e. The molecule has 7 nitrogen and oxygen atoms in total. The van der Waals surface area contributed by atoms with Crippen molar-refractivity contribution in [2.75, 3.05) is 18.6 Å². The van der Waals surface area contributed by atoms with Gasteiger partial charge in [-0.05, 0) is 67.1 Å². The van der Waals surface area contributed by atoms with Crippen molar-refractivity contribution >= 4 is 34.2 Å². The van der Waals surface area contributed by atoms with Gasteiger partial charge in [-0.25, -0.2) is 0 Å². The molecule has 1 amide bonds. The first-order chi connectivity index (χ1) is 16.4. The van der Waals surface area contributed by atoms with Gasteiger partial charge in [0.2, 0.25) is 5.76 Å². The van der Waals surface area contributed by atoms with E-state index in [9.17, 15) is 14.7 Å². The Morgan fingerprint density at radius 3 is 2.53 bits per heavy atom. The Morgan fingerprint density at radius 2 is 1.82 bits per heavy atom. The Labute approximate surface area is 199 Å². The molecular formula is C26H20ClNO6. The summed E-state index contributed by atoms with van der Waals surface area (Å²) in [6, 6.07) is 15.6. The van der Waals surface area contributed by atoms with Gasteiger partial charge in [-0.2, -0.15) is 0 Å². The molecule has 34 heavy (non-hydrogen) atoms. The minimum atomic E-state index is -0.810. The third-order valence-corrected chi connectivity index (χ3v) is 6.02. The number of phenolic OH excluding ortho intramolecular Hbond substituents is 1. The first-order valence-corrected chi connectivity index (χ1v) is 11.0. The molecule has 1 aromatic heterocycles. The summed E-state index contributed by atoms with van der Waals surface area (Å²) in [5.41, 5.74) is 1.26. The van der Waals surface area contributed by atoms with E-state index in [4.69, 9.17) is 25.5 Å². The number of anilines is 1. The fraction of sp³-hybridized carbons (Fsp3) is 0.154. The lowest BCUT2D eigenvalue weighted by molar-refractivity contribution is 0.0971. The normalized spacial score (nSPS) is 15.0. The zero-order valence-corrected chi connectivity index (χ0v) is 19.1. The number of carbonyl (C=O) groups is 1. The fourth-order valence-corrected chi connectivity index (χ4v) is 4.41. The number of aromatic hydroxyl groups is 1. The molecule has 1 aliphatic heterocycles. The van der Waals surface area contributed by atoms with Crippen LogP contribution in [0.15, 0.2) is 69.9 Å². The van der Waals surface area contributed by atoms with Crippen LogP contribution in [0.4, 0.5) is 5.69 Å². The Kier molecular flexibility index (Phi) is 5.42. The fourth-order valence-electron chi connectivity index (χ4n) is 4.24. The van der Waals surface area contributed by atoms with Crippen LogP contribution in [0.2, 0.25) is 5.02 Å². The molecule has 0 bridgehead atoms. The Morgan fingerprint density at radius 1 is 1.06 bits per heavy atom. The molecule has 0 aliphatic carbocycles. The average molecular weight is 478 g/mol. The zero-order chi connectivity index (χ0) is 24.0. The van der Waals surface area contributed by atoms with E-state index in [1.54, 1.807) is 62.6 Å². The van der Waals surface area contributed by atoms with Gasteiger partial charge >= 0.3 is 0 Å². The topological polar surface area (TPSA) is 89.2 Å². The molecule has 0 radical (unpaired) electrons. The number of methoxy groups -OCH3 is 1. The van der Waals surface area contributed by atoms with Gasteiger partial charge in [0.25, 0.3) is 5.91 Å². The number of phenols is 1. The number of hydrogen-bond acceptors (Lipinski definition) is 6. The standard InChI is InChI=1S/C26H20ClNO6/c1-3-33-21-12-14(4-10-19(21)29)23-22-24(30)18-13-15(27)5-11-20(18)34-25(22)26(31)28(23)16-6-8-17(32-2)9-7-16/h4-13,23,29H,3H2,1-2H3. The molecule has 0 saturated heterocycles. The molecule has 5 rings (SSSR count). The summed E-state index contributed by atoms with van der Waals surface area (Å²) in [7, 11) is 1.56. The second-order valence-electron chi connectivity index (χ2n) is 7.75. The third-order valence-electron chi connectivity index (χ3n) is 5.78. The van der Waals surface area contributed by atoms with Crippen molar-refractivity contribution in [3.05, 3.63) is 92.8 Å². The number of nitrogens with zero attached hydrogens (tertiary/aromatic N) is 1. The van der Waals surface area contributed by atoms with E-state index >= 15 is 0 Å². The van der Waals surface area contributed by atoms with E-state index in [1.165, 1.54) is 17.0 Å². The van der Waals surface area contributed by atoms with Crippen LogP contribution in [-0.2, 0) is 0 Å². The van der Waals surface area contributed by atoms with Crippen LogP contribution in [0.25, 0.3) is 11.0 Å². The number of hydrogen-bond donors (Lipinski definition) is 1. The van der Waals surface area contributed by atoms with Gasteiger partial charge in [0, 0.05) is 10.7 Å². The van der Waals surface area contributed by atoms with Gasteiger partial charge in [-0.1, -0.05) is 17.7 Å². The highest BCUT2D eigenvalue weighted by Gasteiger charge is 2.44. The number of benzene rings is 3. The molecule has 0 spiro atoms. The monoisotopic (exact) mass is 477 g/mol. The maximum absolute atomic E-state index is 13.7. The highest BCUT2D eigenvalue weighted by molar-refractivity contribution is 6.31. The molecule has 1 aliphatic rings. The van der Waals surface area contributed by atoms with Crippen molar-refractivity contribution in [1.29, 1.82) is 0 Å². The molecule has 8 heteroatoms. The van der Waals surface area contributed by atoms with Crippen molar-refractivity contribution in [3.8, 4) is 17.2 Å². The summed E-state index contributed by atoms with van der Waals surface area (Å²) in [4.78, 5) is 28.8. The second kappa shape index (κ2) is 8.43. The molecule has 172 valence electrons. The molecule has 0 fully saturated rings. The molecular weight excluding hydrogens is 458 g/mol. The van der Waals surface area contributed by atoms with Crippen molar-refractivity contribution in [1.82, 2.24) is 0 Å². The molecule has 1 atom stereocenters. The van der Waals surface area contributed by atoms with Crippen LogP contribution in [0.3, 0.4) is 0 Å². The van der Waals surface area contributed by atoms with Crippen molar-refractivity contribution in [2.24, 2.45) is 0 Å². The summed E-state index contributed by atoms with van der Waals surface area (Å²) in [6.07, 6.45) is 0. The summed E-state index contributed by atoms with van der Waals surface area (Å²) < 4.78 is 16.7. The second-order valence-corrected chi connectivity index (χ2v) is 8.19. The van der Waals surface area contributed by atoms with Crippen LogP contribution in [0.5, 0.6) is 17.2 Å². The minimum absolute atomic E-state index is 0.0355. The van der Waals surface area contributed by atoms with Gasteiger partial charge in [-0.15, -0.1) is 0 Å². The largest absolute Gasteiger partial charge is 0.504 e. The van der Waals surface area contributed by atoms with Crippen LogP contribution >= 0.6 is 11.6 Å². The van der Waals surface area contributed by atoms with E-state index in [1.807, 2.05) is 0 Å². The summed E-state index contributed by atoms with van der Waals surface area (Å²) in [5.74, 6) is 0.353. The highest BCUT2D eigenvalue weighted by Crippen LogP contribution is 2.43. The SMILES string of the molecule is CCOc1cc(C2c3c(oc4ccc(Cl)cc4c3=O)C(=O)N2c2ccc(OC)cc2)ccc1O. The van der Waals surface area contributed by atoms with Gasteiger partial charge in [-0.3, -0.25) is 14.5 Å². The number of halogens is 1. The number of rotatable bonds is 5. The van der Waals surface area contributed by atoms with E-state index in [-0.39, 0.29) is 39.2 Å². The van der Waals surface area contributed by atoms with Crippen LogP contribution in [-0.4, -0.2) is 24.7 Å². The van der Waals surface area contributed by atoms with E-state index in [2.05, 4.69) is 0 Å². The number of fused-ring (bicyclic) bond motifs is 2. The predicted molar refractivity (Wildman–Crippen MR) is 128 cm³/mol. The molecule has 3 aromatic carbocycles. The van der Waals surface area contributed by atoms with E-state index in [0.29, 0.717) is 28.6 Å². The first kappa shape index (κ1) is 21.9. The molecule has 0 saturated carbocycles. The lowest BCUT2D eigenvalue weighted by atomic mass is 9.97. The number of carbonyl (C=O) groups excluding carboxylic acids is 1. The van der Waals surface area contributed by atoms with E-state index < -0.39 is 11.9 Å². The van der Waals surface area contributed by atoms with Crippen LogP contribution in [0, 0.1) is 0 Å². The third kappa shape index (κ3) is 3.45. The smallest absolute Gasteiger partial charge is 0.295 e. The maximum atomic E-state index is 13.7. The molecule has 2 heterocycles. The number of amides is 1. The van der Waals surface area contributed by atoms with Gasteiger partial charge in [0.1, 0.15) is 11.3 Å². The summed E-state index contributed by atoms with van der Waals surface area (Å²) in [5, 5.41) is 10.9. The minimum Gasteiger partial charge on any atom is -0.504 e. The summed E-state index contributed by atoms with van der Waals surface area (Å²) >= 11 is 6.14. The molecule has 1 unspecified atom stereocenters. The lowest BCUT2D eigenvalue weighted by Crippen LogP contribution is -2.29. The van der Waals surface area contributed by atoms with Crippen LogP contribution in [0.1, 0.15) is 34.6 Å². The predicted octanol–water partition coefficient (Wildman–Crippen LogP) is 5.31. The van der Waals surface area contributed by atoms with Crippen molar-refractivity contribution in [3.63, 3.8) is 0 Å². The Hall–Kier alpha value is -3.97. The Bertz CT molecular complexity index is 1480. The van der Waals surface area contributed by atoms with Crippen LogP contribution < -0.4 is 19.8 Å². The number of ether oxygens (including phenoxy) is 2. The first-order valence-electron chi connectivity index (χ1n) is 10.6. The highest BCUT2D eigenvalue weighted by atomic mass is 35.5. The summed E-state index contributed by atoms with van der Waals surface area (Å²) in [6.45, 7) is 2.14.